The molecule has 4 nitrogen and oxygen atoms in total. The van der Waals surface area contributed by atoms with Gasteiger partial charge in [0.2, 0.25) is 0 Å². The molecule has 1 aromatic rings. The van der Waals surface area contributed by atoms with Crippen LogP contribution in [0.4, 0.5) is 18.9 Å². The van der Waals surface area contributed by atoms with Crippen molar-refractivity contribution in [1.82, 2.24) is 9.88 Å². The summed E-state index contributed by atoms with van der Waals surface area (Å²) in [5.74, 6) is -0.566. The second-order valence-corrected chi connectivity index (χ2v) is 4.00. The van der Waals surface area contributed by atoms with E-state index in [1.807, 2.05) is 0 Å². The number of nitrogens with zero attached hydrogens (tertiary/aromatic N) is 2. The Balaban J connectivity index is 2.74. The van der Waals surface area contributed by atoms with Crippen molar-refractivity contribution in [2.24, 2.45) is 0 Å². The van der Waals surface area contributed by atoms with E-state index in [1.54, 1.807) is 6.92 Å². The van der Waals surface area contributed by atoms with E-state index in [4.69, 9.17) is 5.73 Å². The van der Waals surface area contributed by atoms with E-state index in [1.165, 1.54) is 19.3 Å². The highest BCUT2D eigenvalue weighted by atomic mass is 19.4. The van der Waals surface area contributed by atoms with E-state index in [2.05, 4.69) is 4.98 Å². The van der Waals surface area contributed by atoms with Crippen molar-refractivity contribution < 1.29 is 18.0 Å². The van der Waals surface area contributed by atoms with Gasteiger partial charge >= 0.3 is 6.18 Å². The number of hydrogen-bond donors (Lipinski definition) is 1. The van der Waals surface area contributed by atoms with Gasteiger partial charge in [0.15, 0.2) is 0 Å². The molecule has 0 unspecified atom stereocenters. The van der Waals surface area contributed by atoms with Gasteiger partial charge in [-0.05, 0) is 13.0 Å². The SMILES string of the molecule is Cc1cc(N)c(C(=O)N(C)CCC(F)(F)F)cn1. The lowest BCUT2D eigenvalue weighted by atomic mass is 10.2. The standard InChI is InChI=1S/C11H14F3N3O/c1-7-5-9(15)8(6-16-7)10(18)17(2)4-3-11(12,13)14/h5-6H,3-4H2,1-2H3,(H2,15,16). The second kappa shape index (κ2) is 5.24. The number of anilines is 1. The van der Waals surface area contributed by atoms with Gasteiger partial charge in [-0.25, -0.2) is 0 Å². The summed E-state index contributed by atoms with van der Waals surface area (Å²) in [6.07, 6.45) is -4.06. The van der Waals surface area contributed by atoms with Crippen LogP contribution in [0.25, 0.3) is 0 Å². The Morgan fingerprint density at radius 2 is 2.11 bits per heavy atom. The highest BCUT2D eigenvalue weighted by molar-refractivity contribution is 5.98. The maximum absolute atomic E-state index is 12.0. The van der Waals surface area contributed by atoms with Gasteiger partial charge in [-0.3, -0.25) is 9.78 Å². The van der Waals surface area contributed by atoms with Crippen molar-refractivity contribution >= 4 is 11.6 Å². The van der Waals surface area contributed by atoms with Gasteiger partial charge in [0.05, 0.1) is 12.0 Å². The molecule has 1 aromatic heterocycles. The number of hydrogen-bond acceptors (Lipinski definition) is 3. The number of carbonyl (C=O) groups is 1. The van der Waals surface area contributed by atoms with Crippen molar-refractivity contribution in [3.8, 4) is 0 Å². The van der Waals surface area contributed by atoms with Gasteiger partial charge in [-0.2, -0.15) is 13.2 Å². The number of carbonyl (C=O) groups excluding carboxylic acids is 1. The average molecular weight is 261 g/mol. The molecule has 0 saturated carbocycles. The summed E-state index contributed by atoms with van der Waals surface area (Å²) in [5.41, 5.74) is 6.60. The first-order valence-electron chi connectivity index (χ1n) is 5.25. The third-order valence-corrected chi connectivity index (χ3v) is 2.38. The van der Waals surface area contributed by atoms with Crippen LogP contribution in [0.3, 0.4) is 0 Å². The van der Waals surface area contributed by atoms with Crippen molar-refractivity contribution in [3.05, 3.63) is 23.5 Å². The number of alkyl halides is 3. The Morgan fingerprint density at radius 1 is 1.50 bits per heavy atom. The van der Waals surface area contributed by atoms with E-state index in [0.29, 0.717) is 5.69 Å². The second-order valence-electron chi connectivity index (χ2n) is 4.00. The van der Waals surface area contributed by atoms with Crippen LogP contribution in [-0.4, -0.2) is 35.6 Å². The lowest BCUT2D eigenvalue weighted by Gasteiger charge is -2.18. The molecule has 0 saturated heterocycles. The van der Waals surface area contributed by atoms with E-state index in [9.17, 15) is 18.0 Å². The summed E-state index contributed by atoms with van der Waals surface area (Å²) in [4.78, 5) is 16.7. The van der Waals surface area contributed by atoms with Crippen LogP contribution in [0.2, 0.25) is 0 Å². The van der Waals surface area contributed by atoms with Gasteiger partial charge in [-0.1, -0.05) is 0 Å². The molecule has 1 rings (SSSR count). The number of aromatic nitrogens is 1. The summed E-state index contributed by atoms with van der Waals surface area (Å²) < 4.78 is 36.1. The van der Waals surface area contributed by atoms with Crippen molar-refractivity contribution in [2.45, 2.75) is 19.5 Å². The molecule has 0 fully saturated rings. The zero-order valence-corrected chi connectivity index (χ0v) is 10.1. The number of halogens is 3. The topological polar surface area (TPSA) is 59.2 Å². The molecule has 0 aliphatic rings. The van der Waals surface area contributed by atoms with Crippen molar-refractivity contribution in [1.29, 1.82) is 0 Å². The van der Waals surface area contributed by atoms with Crippen LogP contribution in [0.1, 0.15) is 22.5 Å². The zero-order valence-electron chi connectivity index (χ0n) is 10.1. The fourth-order valence-corrected chi connectivity index (χ4v) is 1.36. The summed E-state index contributed by atoms with van der Waals surface area (Å²) in [7, 11) is 1.30. The quantitative estimate of drug-likeness (QED) is 0.905. The molecule has 1 amide bonds. The zero-order chi connectivity index (χ0) is 13.9. The van der Waals surface area contributed by atoms with Gasteiger partial charge in [-0.15, -0.1) is 0 Å². The minimum atomic E-state index is -4.29. The number of nitrogen functional groups attached to an aromatic ring is 1. The number of rotatable bonds is 3. The Labute approximate surface area is 103 Å². The molecular formula is C11H14F3N3O. The first kappa shape index (κ1) is 14.3. The van der Waals surface area contributed by atoms with E-state index in [-0.39, 0.29) is 11.3 Å². The molecule has 100 valence electrons. The first-order chi connectivity index (χ1) is 8.20. The molecule has 0 bridgehead atoms. The maximum Gasteiger partial charge on any atom is 0.390 e. The first-order valence-corrected chi connectivity index (χ1v) is 5.25. The number of aryl methyl sites for hydroxylation is 1. The Bertz CT molecular complexity index is 446. The summed E-state index contributed by atoms with van der Waals surface area (Å²) in [6, 6.07) is 1.50. The molecule has 0 aliphatic carbocycles. The fraction of sp³-hybridized carbons (Fsp3) is 0.455. The maximum atomic E-state index is 12.0. The molecule has 0 atom stereocenters. The van der Waals surface area contributed by atoms with Crippen LogP contribution >= 0.6 is 0 Å². The summed E-state index contributed by atoms with van der Waals surface area (Å²) in [6.45, 7) is 1.30. The van der Waals surface area contributed by atoms with E-state index in [0.717, 1.165) is 4.90 Å². The molecule has 0 radical (unpaired) electrons. The molecule has 7 heteroatoms. The molecule has 0 spiro atoms. The molecule has 0 aliphatic heterocycles. The monoisotopic (exact) mass is 261 g/mol. The molecule has 1 heterocycles. The van der Waals surface area contributed by atoms with Gasteiger partial charge in [0.1, 0.15) is 0 Å². The highest BCUT2D eigenvalue weighted by Crippen LogP contribution is 2.20. The van der Waals surface area contributed by atoms with Gasteiger partial charge in [0, 0.05) is 31.2 Å². The van der Waals surface area contributed by atoms with Gasteiger partial charge in [0.25, 0.3) is 5.91 Å². The number of amides is 1. The van der Waals surface area contributed by atoms with Crippen molar-refractivity contribution in [3.63, 3.8) is 0 Å². The highest BCUT2D eigenvalue weighted by Gasteiger charge is 2.28. The summed E-state index contributed by atoms with van der Waals surface area (Å²) in [5, 5.41) is 0. The van der Waals surface area contributed by atoms with Gasteiger partial charge < -0.3 is 10.6 Å². The van der Waals surface area contributed by atoms with E-state index >= 15 is 0 Å². The Kier molecular flexibility index (Phi) is 4.15. The Hall–Kier alpha value is -1.79. The molecule has 18 heavy (non-hydrogen) atoms. The van der Waals surface area contributed by atoms with E-state index < -0.39 is 25.0 Å². The predicted octanol–water partition coefficient (Wildman–Crippen LogP) is 2.00. The van der Waals surface area contributed by atoms with Crippen LogP contribution < -0.4 is 5.73 Å². The fourth-order valence-electron chi connectivity index (χ4n) is 1.36. The number of nitrogens with two attached hydrogens (primary N) is 1. The minimum Gasteiger partial charge on any atom is -0.398 e. The number of pyridine rings is 1. The molecule has 2 N–H and O–H groups in total. The third-order valence-electron chi connectivity index (χ3n) is 2.38. The minimum absolute atomic E-state index is 0.116. The smallest absolute Gasteiger partial charge is 0.390 e. The normalized spacial score (nSPS) is 11.4. The largest absolute Gasteiger partial charge is 0.398 e. The third kappa shape index (κ3) is 3.90. The van der Waals surface area contributed by atoms with Crippen LogP contribution in [0.15, 0.2) is 12.3 Å². The Morgan fingerprint density at radius 3 is 2.61 bits per heavy atom. The average Bonchev–Trinajstić information content (AvgIpc) is 2.24. The van der Waals surface area contributed by atoms with Crippen LogP contribution in [0.5, 0.6) is 0 Å². The lowest BCUT2D eigenvalue weighted by Crippen LogP contribution is -2.31. The predicted molar refractivity (Wildman–Crippen MR) is 61.0 cm³/mol. The van der Waals surface area contributed by atoms with Crippen LogP contribution in [-0.2, 0) is 0 Å². The van der Waals surface area contributed by atoms with Crippen LogP contribution in [0, 0.1) is 6.92 Å². The molecular weight excluding hydrogens is 247 g/mol. The lowest BCUT2D eigenvalue weighted by molar-refractivity contribution is -0.136. The summed E-state index contributed by atoms with van der Waals surface area (Å²) >= 11 is 0. The van der Waals surface area contributed by atoms with Crippen molar-refractivity contribution in [2.75, 3.05) is 19.3 Å². The molecule has 0 aromatic carbocycles.